The van der Waals surface area contributed by atoms with Crippen molar-refractivity contribution in [2.45, 2.75) is 31.7 Å². The molecule has 0 aliphatic carbocycles. The van der Waals surface area contributed by atoms with Crippen molar-refractivity contribution in [3.63, 3.8) is 0 Å². The van der Waals surface area contributed by atoms with Crippen LogP contribution < -0.4 is 5.76 Å². The van der Waals surface area contributed by atoms with Crippen molar-refractivity contribution >= 4 is 11.1 Å². The second-order valence-electron chi connectivity index (χ2n) is 6.82. The van der Waals surface area contributed by atoms with Crippen LogP contribution in [0, 0.1) is 0 Å². The molecule has 4 heteroatoms. The van der Waals surface area contributed by atoms with Gasteiger partial charge >= 0.3 is 5.76 Å². The van der Waals surface area contributed by atoms with Crippen LogP contribution in [-0.2, 0) is 0 Å². The van der Waals surface area contributed by atoms with Crippen LogP contribution in [0.4, 0.5) is 0 Å². The molecule has 0 radical (unpaired) electrons. The Balaban J connectivity index is 1.69. The van der Waals surface area contributed by atoms with Gasteiger partial charge in [-0.05, 0) is 50.0 Å². The fourth-order valence-electron chi connectivity index (χ4n) is 3.89. The molecule has 0 N–H and O–H groups in total. The Morgan fingerprint density at radius 1 is 0.920 bits per heavy atom. The van der Waals surface area contributed by atoms with Crippen molar-refractivity contribution in [3.8, 4) is 0 Å². The predicted molar refractivity (Wildman–Crippen MR) is 100.0 cm³/mol. The molecule has 0 saturated carbocycles. The summed E-state index contributed by atoms with van der Waals surface area (Å²) in [6.07, 6.45) is 4.81. The van der Waals surface area contributed by atoms with Gasteiger partial charge in [0.15, 0.2) is 5.58 Å². The summed E-state index contributed by atoms with van der Waals surface area (Å²) in [6.45, 7) is 3.34. The highest BCUT2D eigenvalue weighted by Gasteiger charge is 2.22. The molecule has 1 aliphatic rings. The topological polar surface area (TPSA) is 38.4 Å². The van der Waals surface area contributed by atoms with Gasteiger partial charge in [0, 0.05) is 6.54 Å². The van der Waals surface area contributed by atoms with Crippen LogP contribution in [0.25, 0.3) is 11.1 Å². The minimum Gasteiger partial charge on any atom is -0.408 e. The third kappa shape index (κ3) is 3.40. The quantitative estimate of drug-likeness (QED) is 0.705. The Labute approximate surface area is 147 Å². The van der Waals surface area contributed by atoms with Gasteiger partial charge in [-0.25, -0.2) is 4.79 Å². The van der Waals surface area contributed by atoms with Crippen molar-refractivity contribution in [2.75, 3.05) is 19.6 Å². The average Bonchev–Trinajstić information content (AvgIpc) is 3.00. The average molecular weight is 336 g/mol. The molecule has 25 heavy (non-hydrogen) atoms. The van der Waals surface area contributed by atoms with Crippen LogP contribution in [0.5, 0.6) is 0 Å². The van der Waals surface area contributed by atoms with Gasteiger partial charge in [-0.2, -0.15) is 0 Å². The zero-order valence-electron chi connectivity index (χ0n) is 14.4. The lowest BCUT2D eigenvalue weighted by Crippen LogP contribution is -2.33. The number of benzene rings is 2. The minimum absolute atomic E-state index is 0.000670. The highest BCUT2D eigenvalue weighted by Crippen LogP contribution is 2.26. The van der Waals surface area contributed by atoms with Gasteiger partial charge in [0.05, 0.1) is 11.6 Å². The number of piperidine rings is 1. The van der Waals surface area contributed by atoms with Crippen LogP contribution >= 0.6 is 0 Å². The van der Waals surface area contributed by atoms with E-state index in [1.165, 1.54) is 32.4 Å². The van der Waals surface area contributed by atoms with E-state index < -0.39 is 0 Å². The van der Waals surface area contributed by atoms with Gasteiger partial charge in [0.1, 0.15) is 0 Å². The highest BCUT2D eigenvalue weighted by atomic mass is 16.4. The number of rotatable bonds is 5. The maximum absolute atomic E-state index is 12.6. The van der Waals surface area contributed by atoms with Crippen molar-refractivity contribution in [1.82, 2.24) is 9.47 Å². The fraction of sp³-hybridized carbons (Fsp3) is 0.381. The first-order valence-corrected chi connectivity index (χ1v) is 9.20. The van der Waals surface area contributed by atoms with E-state index in [2.05, 4.69) is 17.0 Å². The van der Waals surface area contributed by atoms with E-state index in [1.54, 1.807) is 0 Å². The van der Waals surface area contributed by atoms with Crippen LogP contribution in [0.15, 0.2) is 63.8 Å². The molecule has 1 atom stereocenters. The van der Waals surface area contributed by atoms with Crippen molar-refractivity contribution < 1.29 is 4.42 Å². The molecule has 4 nitrogen and oxygen atoms in total. The van der Waals surface area contributed by atoms with Gasteiger partial charge in [-0.15, -0.1) is 0 Å². The molecule has 0 spiro atoms. The summed E-state index contributed by atoms with van der Waals surface area (Å²) in [5, 5.41) is 0. The summed E-state index contributed by atoms with van der Waals surface area (Å²) in [4.78, 5) is 15.1. The smallest absolute Gasteiger partial charge is 0.408 e. The fourth-order valence-corrected chi connectivity index (χ4v) is 3.89. The maximum atomic E-state index is 12.6. The largest absolute Gasteiger partial charge is 0.420 e. The first-order chi connectivity index (χ1) is 12.3. The Kier molecular flexibility index (Phi) is 4.70. The molecule has 1 aliphatic heterocycles. The lowest BCUT2D eigenvalue weighted by molar-refractivity contribution is 0.217. The van der Waals surface area contributed by atoms with Gasteiger partial charge in [-0.3, -0.25) is 4.57 Å². The number of fused-ring (bicyclic) bond motifs is 1. The standard InChI is InChI=1S/C21H24N2O2/c24-21-23(19-11-5-6-12-20(19)25-21)18(17-9-3-1-4-10-17)13-16-22-14-7-2-8-15-22/h1,3-6,9-12,18H,2,7-8,13-16H2. The van der Waals surface area contributed by atoms with E-state index >= 15 is 0 Å². The number of nitrogens with zero attached hydrogens (tertiary/aromatic N) is 2. The summed E-state index contributed by atoms with van der Waals surface area (Å²) in [5.41, 5.74) is 2.69. The third-order valence-corrected chi connectivity index (χ3v) is 5.18. The molecule has 2 heterocycles. The Morgan fingerprint density at radius 2 is 1.64 bits per heavy atom. The van der Waals surface area contributed by atoms with Crippen LogP contribution in [-0.4, -0.2) is 29.1 Å². The number of hydrogen-bond acceptors (Lipinski definition) is 3. The second kappa shape index (κ2) is 7.28. The van der Waals surface area contributed by atoms with Gasteiger partial charge in [0.2, 0.25) is 0 Å². The SMILES string of the molecule is O=c1oc2ccccc2n1C(CCN1CCCCC1)c1ccccc1. The zero-order valence-corrected chi connectivity index (χ0v) is 14.4. The summed E-state index contributed by atoms with van der Waals surface area (Å²) in [5.74, 6) is -0.270. The number of aromatic nitrogens is 1. The van der Waals surface area contributed by atoms with Gasteiger partial charge in [0.25, 0.3) is 0 Å². The van der Waals surface area contributed by atoms with Crippen LogP contribution in [0.3, 0.4) is 0 Å². The molecule has 4 rings (SSSR count). The van der Waals surface area contributed by atoms with Crippen molar-refractivity contribution in [1.29, 1.82) is 0 Å². The molecule has 1 fully saturated rings. The van der Waals surface area contributed by atoms with Crippen molar-refractivity contribution in [2.24, 2.45) is 0 Å². The molecular formula is C21H24N2O2. The summed E-state index contributed by atoms with van der Waals surface area (Å²) in [6, 6.07) is 18.0. The molecular weight excluding hydrogens is 312 g/mol. The van der Waals surface area contributed by atoms with E-state index in [1.807, 2.05) is 47.0 Å². The van der Waals surface area contributed by atoms with Crippen LogP contribution in [0.2, 0.25) is 0 Å². The maximum Gasteiger partial charge on any atom is 0.420 e. The van der Waals surface area contributed by atoms with E-state index in [0.29, 0.717) is 5.58 Å². The molecule has 130 valence electrons. The van der Waals surface area contributed by atoms with E-state index in [0.717, 1.165) is 24.0 Å². The molecule has 3 aromatic rings. The summed E-state index contributed by atoms with van der Waals surface area (Å²) < 4.78 is 7.32. The normalized spacial score (nSPS) is 17.0. The Hall–Kier alpha value is -2.33. The lowest BCUT2D eigenvalue weighted by atomic mass is 10.0. The Morgan fingerprint density at radius 3 is 2.44 bits per heavy atom. The monoisotopic (exact) mass is 336 g/mol. The number of oxazole rings is 1. The highest BCUT2D eigenvalue weighted by molar-refractivity contribution is 5.73. The lowest BCUT2D eigenvalue weighted by Gasteiger charge is -2.28. The molecule has 0 bridgehead atoms. The number of hydrogen-bond donors (Lipinski definition) is 0. The van der Waals surface area contributed by atoms with Crippen molar-refractivity contribution in [3.05, 3.63) is 70.7 Å². The third-order valence-electron chi connectivity index (χ3n) is 5.18. The first kappa shape index (κ1) is 16.2. The van der Waals surface area contributed by atoms with E-state index in [-0.39, 0.29) is 11.8 Å². The van der Waals surface area contributed by atoms with Gasteiger partial charge in [-0.1, -0.05) is 48.9 Å². The number of likely N-dealkylation sites (tertiary alicyclic amines) is 1. The number of para-hydroxylation sites is 2. The summed E-state index contributed by atoms with van der Waals surface area (Å²) in [7, 11) is 0. The van der Waals surface area contributed by atoms with E-state index in [9.17, 15) is 4.79 Å². The molecule has 1 saturated heterocycles. The molecule has 1 aromatic heterocycles. The molecule has 2 aromatic carbocycles. The second-order valence-corrected chi connectivity index (χ2v) is 6.82. The molecule has 1 unspecified atom stereocenters. The first-order valence-electron chi connectivity index (χ1n) is 9.20. The summed E-state index contributed by atoms with van der Waals surface area (Å²) >= 11 is 0. The predicted octanol–water partition coefficient (Wildman–Crippen LogP) is 4.06. The van der Waals surface area contributed by atoms with E-state index in [4.69, 9.17) is 4.42 Å². The zero-order chi connectivity index (χ0) is 17.1. The van der Waals surface area contributed by atoms with Crippen LogP contribution in [0.1, 0.15) is 37.3 Å². The Bertz CT molecular complexity index is 876. The molecule has 0 amide bonds. The minimum atomic E-state index is -0.270. The van der Waals surface area contributed by atoms with Gasteiger partial charge < -0.3 is 9.32 Å².